The Hall–Kier alpha value is -4.71. The Labute approximate surface area is 202 Å². The van der Waals surface area contributed by atoms with Crippen molar-refractivity contribution < 1.29 is 23.3 Å². The summed E-state index contributed by atoms with van der Waals surface area (Å²) in [5.41, 5.74) is 3.04. The van der Waals surface area contributed by atoms with Crippen molar-refractivity contribution in [2.24, 2.45) is 5.10 Å². The number of nitrogens with one attached hydrogen (secondary N) is 1. The molecule has 0 atom stereocenters. The van der Waals surface area contributed by atoms with Gasteiger partial charge >= 0.3 is 0 Å². The summed E-state index contributed by atoms with van der Waals surface area (Å²) in [6.45, 7) is 0. The Morgan fingerprint density at radius 3 is 2.51 bits per heavy atom. The minimum absolute atomic E-state index is 0.00530. The maximum absolute atomic E-state index is 14.6. The van der Waals surface area contributed by atoms with Crippen LogP contribution in [0.4, 0.5) is 15.8 Å². The van der Waals surface area contributed by atoms with Gasteiger partial charge in [0.25, 0.3) is 17.1 Å². The second-order valence-electron chi connectivity index (χ2n) is 6.97. The monoisotopic (exact) mass is 493 g/mol. The normalized spacial score (nSPS) is 11.2. The molecule has 1 N–H and O–H groups in total. The molecule has 0 fully saturated rings. The van der Waals surface area contributed by atoms with E-state index in [-0.39, 0.29) is 33.1 Å². The van der Waals surface area contributed by atoms with Crippen molar-refractivity contribution in [3.05, 3.63) is 104 Å². The highest BCUT2D eigenvalue weighted by Gasteiger charge is 2.19. The SMILES string of the molecule is COc1ccc(C(=O)n2nc(-c3ccccc3)o/c(=N/Nc3ccc([N+](=O)[O-])cc3)c2=S)c(F)c1. The van der Waals surface area contributed by atoms with Gasteiger partial charge in [-0.25, -0.2) is 4.39 Å². The predicted octanol–water partition coefficient (Wildman–Crippen LogP) is 4.54. The fourth-order valence-electron chi connectivity index (χ4n) is 2.97. The molecule has 3 aromatic carbocycles. The van der Waals surface area contributed by atoms with Crippen LogP contribution in [-0.2, 0) is 0 Å². The van der Waals surface area contributed by atoms with Gasteiger partial charge in [0.15, 0.2) is 4.64 Å². The van der Waals surface area contributed by atoms with Gasteiger partial charge in [0, 0.05) is 23.8 Å². The van der Waals surface area contributed by atoms with Crippen molar-refractivity contribution in [3.8, 4) is 17.2 Å². The molecule has 0 unspecified atom stereocenters. The van der Waals surface area contributed by atoms with E-state index >= 15 is 0 Å². The number of nitro benzene ring substituents is 1. The van der Waals surface area contributed by atoms with Crippen LogP contribution < -0.4 is 15.7 Å². The van der Waals surface area contributed by atoms with Crippen molar-refractivity contribution >= 4 is 29.5 Å². The first-order valence-corrected chi connectivity index (χ1v) is 10.4. The van der Waals surface area contributed by atoms with E-state index in [1.165, 1.54) is 43.5 Å². The number of rotatable bonds is 6. The van der Waals surface area contributed by atoms with E-state index in [4.69, 9.17) is 21.4 Å². The van der Waals surface area contributed by atoms with Gasteiger partial charge in [0.2, 0.25) is 5.89 Å². The molecule has 0 amide bonds. The molecule has 0 spiro atoms. The smallest absolute Gasteiger partial charge is 0.282 e. The Balaban J connectivity index is 1.81. The van der Waals surface area contributed by atoms with Gasteiger partial charge < -0.3 is 9.15 Å². The van der Waals surface area contributed by atoms with E-state index in [2.05, 4.69) is 15.6 Å². The summed E-state index contributed by atoms with van der Waals surface area (Å²) in [5.74, 6) is -1.41. The molecule has 0 aliphatic rings. The molecule has 4 aromatic rings. The molecule has 0 radical (unpaired) electrons. The Morgan fingerprint density at radius 1 is 1.17 bits per heavy atom. The fourth-order valence-corrected chi connectivity index (χ4v) is 3.18. The van der Waals surface area contributed by atoms with Crippen molar-refractivity contribution in [3.63, 3.8) is 0 Å². The molecule has 1 aromatic heterocycles. The first-order valence-electron chi connectivity index (χ1n) is 9.99. The first-order chi connectivity index (χ1) is 16.9. The third-order valence-electron chi connectivity index (χ3n) is 4.74. The van der Waals surface area contributed by atoms with Crippen molar-refractivity contribution in [2.75, 3.05) is 12.5 Å². The van der Waals surface area contributed by atoms with E-state index in [1.807, 2.05) is 0 Å². The van der Waals surface area contributed by atoms with Gasteiger partial charge in [0.05, 0.1) is 23.3 Å². The van der Waals surface area contributed by atoms with Crippen molar-refractivity contribution in [1.29, 1.82) is 0 Å². The molecule has 1 heterocycles. The van der Waals surface area contributed by atoms with Crippen LogP contribution in [0.15, 0.2) is 82.3 Å². The molecular formula is C23H16FN5O5S. The summed E-state index contributed by atoms with van der Waals surface area (Å²) in [6.07, 6.45) is 0. The zero-order valence-electron chi connectivity index (χ0n) is 18.0. The topological polar surface area (TPSA) is 125 Å². The predicted molar refractivity (Wildman–Crippen MR) is 126 cm³/mol. The number of benzene rings is 3. The number of halogens is 1. The second-order valence-corrected chi connectivity index (χ2v) is 7.36. The van der Waals surface area contributed by atoms with Gasteiger partial charge in [-0.05, 0) is 36.4 Å². The average Bonchev–Trinajstić information content (AvgIpc) is 2.88. The van der Waals surface area contributed by atoms with Crippen LogP contribution in [0.1, 0.15) is 10.4 Å². The van der Waals surface area contributed by atoms with Crippen LogP contribution in [0.25, 0.3) is 11.5 Å². The van der Waals surface area contributed by atoms with Gasteiger partial charge in [-0.3, -0.25) is 20.3 Å². The van der Waals surface area contributed by atoms with Gasteiger partial charge in [-0.2, -0.15) is 4.68 Å². The third-order valence-corrected chi connectivity index (χ3v) is 5.09. The van der Waals surface area contributed by atoms with Gasteiger partial charge in [0.1, 0.15) is 11.6 Å². The number of carbonyl (C=O) groups excluding carboxylic acids is 1. The minimum atomic E-state index is -0.838. The Kier molecular flexibility index (Phi) is 6.73. The van der Waals surface area contributed by atoms with E-state index < -0.39 is 16.6 Å². The number of aromatic nitrogens is 2. The summed E-state index contributed by atoms with van der Waals surface area (Å²) < 4.78 is 25.9. The van der Waals surface area contributed by atoms with Crippen LogP contribution in [0, 0.1) is 20.6 Å². The molecule has 0 saturated heterocycles. The second kappa shape index (κ2) is 10.1. The summed E-state index contributed by atoms with van der Waals surface area (Å²) in [5, 5.41) is 19.1. The van der Waals surface area contributed by atoms with E-state index in [1.54, 1.807) is 30.3 Å². The highest BCUT2D eigenvalue weighted by Crippen LogP contribution is 2.19. The lowest BCUT2D eigenvalue weighted by Gasteiger charge is -2.09. The van der Waals surface area contributed by atoms with Crippen LogP contribution in [0.2, 0.25) is 0 Å². The molecular weight excluding hydrogens is 477 g/mol. The van der Waals surface area contributed by atoms with Crippen molar-refractivity contribution in [1.82, 2.24) is 9.78 Å². The van der Waals surface area contributed by atoms with Crippen LogP contribution >= 0.6 is 12.2 Å². The average molecular weight is 493 g/mol. The summed E-state index contributed by atoms with van der Waals surface area (Å²) in [7, 11) is 1.38. The number of methoxy groups -OCH3 is 1. The van der Waals surface area contributed by atoms with Crippen LogP contribution in [-0.4, -0.2) is 27.7 Å². The summed E-state index contributed by atoms with van der Waals surface area (Å²) >= 11 is 5.36. The number of nitro groups is 1. The number of anilines is 1. The van der Waals surface area contributed by atoms with Crippen LogP contribution in [0.3, 0.4) is 0 Å². The third kappa shape index (κ3) is 5.12. The van der Waals surface area contributed by atoms with Crippen molar-refractivity contribution in [2.45, 2.75) is 0 Å². The van der Waals surface area contributed by atoms with Gasteiger partial charge in [-0.15, -0.1) is 10.2 Å². The number of ether oxygens (including phenoxy) is 1. The lowest BCUT2D eigenvalue weighted by molar-refractivity contribution is -0.384. The molecule has 0 bridgehead atoms. The number of carbonyl (C=O) groups is 1. The Bertz CT molecular complexity index is 1530. The highest BCUT2D eigenvalue weighted by atomic mass is 32.1. The number of non-ortho nitro benzene ring substituents is 1. The van der Waals surface area contributed by atoms with Crippen LogP contribution in [0.5, 0.6) is 5.75 Å². The number of nitrogens with zero attached hydrogens (tertiary/aromatic N) is 4. The molecule has 176 valence electrons. The largest absolute Gasteiger partial charge is 0.497 e. The molecule has 4 rings (SSSR count). The quantitative estimate of drug-likeness (QED) is 0.236. The number of hydrogen-bond acceptors (Lipinski definition) is 9. The zero-order chi connectivity index (χ0) is 24.9. The fraction of sp³-hybridized carbons (Fsp3) is 0.0435. The van der Waals surface area contributed by atoms with E-state index in [9.17, 15) is 19.3 Å². The lowest BCUT2D eigenvalue weighted by Crippen LogP contribution is -2.25. The van der Waals surface area contributed by atoms with E-state index in [0.29, 0.717) is 11.3 Å². The molecule has 12 heteroatoms. The summed E-state index contributed by atoms with van der Waals surface area (Å²) in [4.78, 5) is 23.5. The molecule has 0 aliphatic carbocycles. The highest BCUT2D eigenvalue weighted by molar-refractivity contribution is 7.71. The summed E-state index contributed by atoms with van der Waals surface area (Å²) in [6, 6.07) is 17.9. The molecule has 0 saturated carbocycles. The standard InChI is InChI=1S/C23H16FN5O5S/c1-33-17-11-12-18(19(24)13-17)22(30)28-23(35)21(34-20(27-28)14-5-3-2-4-6-14)26-25-15-7-9-16(10-8-15)29(31)32/h2-13,25H,1H3/b26-21+. The van der Waals surface area contributed by atoms with Gasteiger partial charge in [-0.1, -0.05) is 30.4 Å². The number of hydrogen-bond donors (Lipinski definition) is 1. The molecule has 10 nitrogen and oxygen atoms in total. The lowest BCUT2D eigenvalue weighted by atomic mass is 10.2. The molecule has 0 aliphatic heterocycles. The zero-order valence-corrected chi connectivity index (χ0v) is 18.9. The molecule has 35 heavy (non-hydrogen) atoms. The Morgan fingerprint density at radius 2 is 1.89 bits per heavy atom. The minimum Gasteiger partial charge on any atom is -0.497 e. The maximum Gasteiger partial charge on any atom is 0.282 e. The maximum atomic E-state index is 14.6. The van der Waals surface area contributed by atoms with E-state index in [0.717, 1.165) is 10.7 Å². The first kappa shape index (κ1) is 23.4.